The molecule has 2 rings (SSSR count). The number of hydrogen-bond acceptors (Lipinski definition) is 4. The van der Waals surface area contributed by atoms with E-state index in [4.69, 9.17) is 11.0 Å². The van der Waals surface area contributed by atoms with Crippen molar-refractivity contribution >= 4 is 39.0 Å². The van der Waals surface area contributed by atoms with Crippen molar-refractivity contribution in [3.8, 4) is 6.07 Å². The molecule has 0 fully saturated rings. The number of nitriles is 1. The fourth-order valence-electron chi connectivity index (χ4n) is 1.71. The van der Waals surface area contributed by atoms with Crippen LogP contribution in [0.4, 0.5) is 17.1 Å². The smallest absolute Gasteiger partial charge is 0.337 e. The Labute approximate surface area is 123 Å². The minimum atomic E-state index is -1.09. The van der Waals surface area contributed by atoms with Crippen LogP contribution in [0.15, 0.2) is 40.9 Å². The van der Waals surface area contributed by atoms with Crippen LogP contribution in [0.2, 0.25) is 0 Å². The molecular formula is C14H10BrN3O2. The number of nitrogens with two attached hydrogens (primary N) is 1. The van der Waals surface area contributed by atoms with Crippen molar-refractivity contribution < 1.29 is 9.90 Å². The van der Waals surface area contributed by atoms with E-state index < -0.39 is 5.97 Å². The molecule has 0 aliphatic rings. The third-order valence-electron chi connectivity index (χ3n) is 2.65. The van der Waals surface area contributed by atoms with Gasteiger partial charge in [-0.15, -0.1) is 0 Å². The number of nitrogens with one attached hydrogen (secondary N) is 1. The van der Waals surface area contributed by atoms with Crippen molar-refractivity contribution in [1.82, 2.24) is 0 Å². The third-order valence-corrected chi connectivity index (χ3v) is 3.14. The van der Waals surface area contributed by atoms with Gasteiger partial charge in [0.1, 0.15) is 6.07 Å². The lowest BCUT2D eigenvalue weighted by molar-refractivity contribution is 0.0698. The second-order valence-electron chi connectivity index (χ2n) is 4.04. The summed E-state index contributed by atoms with van der Waals surface area (Å²) in [5.74, 6) is -1.09. The van der Waals surface area contributed by atoms with Gasteiger partial charge in [-0.05, 0) is 36.4 Å². The summed E-state index contributed by atoms with van der Waals surface area (Å²) in [7, 11) is 0. The quantitative estimate of drug-likeness (QED) is 0.749. The number of benzene rings is 2. The molecule has 0 bridgehead atoms. The molecule has 6 heteroatoms. The Morgan fingerprint density at radius 2 is 2.00 bits per heavy atom. The third kappa shape index (κ3) is 2.90. The molecule has 0 aromatic heterocycles. The van der Waals surface area contributed by atoms with Gasteiger partial charge in [0, 0.05) is 10.2 Å². The van der Waals surface area contributed by atoms with Crippen LogP contribution in [0.25, 0.3) is 0 Å². The van der Waals surface area contributed by atoms with Crippen LogP contribution in [0, 0.1) is 11.3 Å². The Hall–Kier alpha value is -2.52. The summed E-state index contributed by atoms with van der Waals surface area (Å²) in [4.78, 5) is 11.2. The Balaban J connectivity index is 2.48. The molecule has 0 saturated heterocycles. The maximum Gasteiger partial charge on any atom is 0.337 e. The molecule has 0 aliphatic heterocycles. The number of carboxylic acids is 1. The van der Waals surface area contributed by atoms with Crippen molar-refractivity contribution in [2.24, 2.45) is 0 Å². The number of hydrogen-bond donors (Lipinski definition) is 3. The van der Waals surface area contributed by atoms with Crippen LogP contribution in [0.3, 0.4) is 0 Å². The Morgan fingerprint density at radius 3 is 2.65 bits per heavy atom. The van der Waals surface area contributed by atoms with Crippen molar-refractivity contribution in [2.45, 2.75) is 0 Å². The molecule has 0 radical (unpaired) electrons. The number of carboxylic acid groups (broad SMARTS) is 1. The van der Waals surface area contributed by atoms with E-state index in [0.717, 1.165) is 4.47 Å². The molecule has 0 aliphatic carbocycles. The standard InChI is InChI=1S/C14H10BrN3O2/c15-9-2-1-8(7-16)13(5-9)18-12-4-3-10(17)6-11(12)14(19)20/h1-6,18H,17H2,(H,19,20). The van der Waals surface area contributed by atoms with Gasteiger partial charge in [0.05, 0.1) is 22.5 Å². The minimum absolute atomic E-state index is 0.0499. The highest BCUT2D eigenvalue weighted by Crippen LogP contribution is 2.27. The van der Waals surface area contributed by atoms with E-state index in [-0.39, 0.29) is 5.56 Å². The number of nitrogen functional groups attached to an aromatic ring is 1. The average Bonchev–Trinajstić information content (AvgIpc) is 2.41. The van der Waals surface area contributed by atoms with Gasteiger partial charge in [0.2, 0.25) is 0 Å². The largest absolute Gasteiger partial charge is 0.478 e. The number of rotatable bonds is 3. The Bertz CT molecular complexity index is 723. The van der Waals surface area contributed by atoms with Crippen LogP contribution < -0.4 is 11.1 Å². The highest BCUT2D eigenvalue weighted by molar-refractivity contribution is 9.10. The first-order valence-corrected chi connectivity index (χ1v) is 6.40. The topological polar surface area (TPSA) is 99.1 Å². The molecular weight excluding hydrogens is 322 g/mol. The number of nitrogens with zero attached hydrogens (tertiary/aromatic N) is 1. The van der Waals surface area contributed by atoms with Gasteiger partial charge < -0.3 is 16.2 Å². The summed E-state index contributed by atoms with van der Waals surface area (Å²) in [6.45, 7) is 0. The highest BCUT2D eigenvalue weighted by Gasteiger charge is 2.12. The van der Waals surface area contributed by atoms with Crippen molar-refractivity contribution in [3.05, 3.63) is 52.0 Å². The second-order valence-corrected chi connectivity index (χ2v) is 4.95. The van der Waals surface area contributed by atoms with Crippen LogP contribution in [-0.4, -0.2) is 11.1 Å². The maximum atomic E-state index is 11.2. The molecule has 2 aromatic rings. The minimum Gasteiger partial charge on any atom is -0.478 e. The van der Waals surface area contributed by atoms with E-state index in [9.17, 15) is 9.90 Å². The zero-order valence-corrected chi connectivity index (χ0v) is 11.8. The molecule has 2 aromatic carbocycles. The SMILES string of the molecule is N#Cc1ccc(Br)cc1Nc1ccc(N)cc1C(=O)O. The molecule has 4 N–H and O–H groups in total. The lowest BCUT2D eigenvalue weighted by atomic mass is 10.1. The van der Waals surface area contributed by atoms with Gasteiger partial charge in [-0.2, -0.15) is 5.26 Å². The summed E-state index contributed by atoms with van der Waals surface area (Å²) >= 11 is 3.31. The molecule has 0 unspecified atom stereocenters. The zero-order valence-electron chi connectivity index (χ0n) is 10.2. The summed E-state index contributed by atoms with van der Waals surface area (Å²) in [5.41, 5.74) is 7.32. The van der Waals surface area contributed by atoms with Gasteiger partial charge >= 0.3 is 5.97 Å². The first-order valence-electron chi connectivity index (χ1n) is 5.61. The predicted octanol–water partition coefficient (Wildman–Crippen LogP) is 3.34. The molecule has 0 heterocycles. The zero-order chi connectivity index (χ0) is 14.7. The molecule has 5 nitrogen and oxygen atoms in total. The van der Waals surface area contributed by atoms with Crippen molar-refractivity contribution in [2.75, 3.05) is 11.1 Å². The second kappa shape index (κ2) is 5.63. The van der Waals surface area contributed by atoms with Gasteiger partial charge in [-0.25, -0.2) is 4.79 Å². The summed E-state index contributed by atoms with van der Waals surface area (Å²) in [6, 6.07) is 11.7. The highest BCUT2D eigenvalue weighted by atomic mass is 79.9. The maximum absolute atomic E-state index is 11.2. The number of aromatic carboxylic acids is 1. The molecule has 0 atom stereocenters. The molecule has 0 saturated carbocycles. The Kier molecular flexibility index (Phi) is 3.91. The lowest BCUT2D eigenvalue weighted by Gasteiger charge is -2.12. The van der Waals surface area contributed by atoms with Crippen LogP contribution in [-0.2, 0) is 0 Å². The van der Waals surface area contributed by atoms with E-state index >= 15 is 0 Å². The average molecular weight is 332 g/mol. The first-order chi connectivity index (χ1) is 9.51. The molecule has 20 heavy (non-hydrogen) atoms. The van der Waals surface area contributed by atoms with Crippen LogP contribution in [0.1, 0.15) is 15.9 Å². The van der Waals surface area contributed by atoms with E-state index in [1.165, 1.54) is 6.07 Å². The molecule has 0 amide bonds. The van der Waals surface area contributed by atoms with Crippen LogP contribution in [0.5, 0.6) is 0 Å². The lowest BCUT2D eigenvalue weighted by Crippen LogP contribution is -2.04. The van der Waals surface area contributed by atoms with Gasteiger partial charge in [0.25, 0.3) is 0 Å². The summed E-state index contributed by atoms with van der Waals surface area (Å²) in [5, 5.41) is 21.2. The van der Waals surface area contributed by atoms with E-state index in [2.05, 4.69) is 21.2 Å². The first kappa shape index (κ1) is 13.9. The van der Waals surface area contributed by atoms with Crippen LogP contribution >= 0.6 is 15.9 Å². The normalized spacial score (nSPS) is 9.80. The van der Waals surface area contributed by atoms with Crippen molar-refractivity contribution in [1.29, 1.82) is 5.26 Å². The van der Waals surface area contributed by atoms with E-state index in [0.29, 0.717) is 22.6 Å². The summed E-state index contributed by atoms with van der Waals surface area (Å²) < 4.78 is 0.784. The van der Waals surface area contributed by atoms with Gasteiger partial charge in [-0.1, -0.05) is 15.9 Å². The predicted molar refractivity (Wildman–Crippen MR) is 80.0 cm³/mol. The fourth-order valence-corrected chi connectivity index (χ4v) is 2.07. The fraction of sp³-hybridized carbons (Fsp3) is 0. The number of carbonyl (C=O) groups is 1. The monoisotopic (exact) mass is 331 g/mol. The molecule has 0 spiro atoms. The van der Waals surface area contributed by atoms with E-state index in [1.807, 2.05) is 6.07 Å². The number of halogens is 1. The number of anilines is 3. The van der Waals surface area contributed by atoms with Crippen molar-refractivity contribution in [3.63, 3.8) is 0 Å². The molecule has 100 valence electrons. The Morgan fingerprint density at radius 1 is 1.25 bits per heavy atom. The van der Waals surface area contributed by atoms with E-state index in [1.54, 1.807) is 30.3 Å². The summed E-state index contributed by atoms with van der Waals surface area (Å²) in [6.07, 6.45) is 0. The van der Waals surface area contributed by atoms with Gasteiger partial charge in [0.15, 0.2) is 0 Å². The van der Waals surface area contributed by atoms with Gasteiger partial charge in [-0.3, -0.25) is 0 Å².